The van der Waals surface area contributed by atoms with Gasteiger partial charge in [0.25, 0.3) is 12.9 Å². The Kier molecular flexibility index (Phi) is 5.86. The fourth-order valence-corrected chi connectivity index (χ4v) is 3.90. The second-order valence-corrected chi connectivity index (χ2v) is 7.76. The number of esters is 1. The van der Waals surface area contributed by atoms with Gasteiger partial charge in [0.1, 0.15) is 18.1 Å². The Morgan fingerprint density at radius 2 is 1.56 bits per heavy atom. The van der Waals surface area contributed by atoms with Crippen molar-refractivity contribution in [2.75, 3.05) is 13.2 Å². The molecule has 0 saturated carbocycles. The van der Waals surface area contributed by atoms with Crippen LogP contribution >= 0.6 is 0 Å². The molecule has 34 heavy (non-hydrogen) atoms. The van der Waals surface area contributed by atoms with Gasteiger partial charge < -0.3 is 19.3 Å². The third-order valence-corrected chi connectivity index (χ3v) is 5.80. The predicted molar refractivity (Wildman–Crippen MR) is 102 cm³/mol. The van der Waals surface area contributed by atoms with Crippen LogP contribution in [0.25, 0.3) is 0 Å². The first-order valence-corrected chi connectivity index (χ1v) is 9.91. The highest BCUT2D eigenvalue weighted by atomic mass is 19.3. The molecule has 12 heteroatoms. The molecule has 0 aliphatic carbocycles. The third-order valence-electron chi connectivity index (χ3n) is 5.80. The Morgan fingerprint density at radius 3 is 2.18 bits per heavy atom. The zero-order valence-corrected chi connectivity index (χ0v) is 17.1. The minimum absolute atomic E-state index is 0.228. The van der Waals surface area contributed by atoms with Crippen LogP contribution in [0.1, 0.15) is 38.3 Å². The van der Waals surface area contributed by atoms with Crippen molar-refractivity contribution in [3.8, 4) is 11.5 Å². The summed E-state index contributed by atoms with van der Waals surface area (Å²) in [6.07, 6.45) is -10.1. The van der Waals surface area contributed by atoms with E-state index in [4.69, 9.17) is 19.3 Å². The van der Waals surface area contributed by atoms with Crippen molar-refractivity contribution in [3.63, 3.8) is 0 Å². The first kappa shape index (κ1) is 23.7. The van der Waals surface area contributed by atoms with E-state index in [0.29, 0.717) is 6.07 Å². The molecule has 0 aromatic heterocycles. The Bertz CT molecular complexity index is 1140. The van der Waals surface area contributed by atoms with Crippen LogP contribution in [0.5, 0.6) is 11.5 Å². The summed E-state index contributed by atoms with van der Waals surface area (Å²) in [5.74, 6) is -3.50. The van der Waals surface area contributed by atoms with Crippen LogP contribution in [-0.4, -0.2) is 49.2 Å². The highest BCUT2D eigenvalue weighted by molar-refractivity contribution is 5.90. The first-order chi connectivity index (χ1) is 16.0. The van der Waals surface area contributed by atoms with Gasteiger partial charge >= 0.3 is 11.9 Å². The highest BCUT2D eigenvalue weighted by Crippen LogP contribution is 2.47. The van der Waals surface area contributed by atoms with E-state index >= 15 is 4.39 Å². The van der Waals surface area contributed by atoms with E-state index in [1.807, 2.05) is 0 Å². The number of carbonyl (C=O) groups is 2. The lowest BCUT2D eigenvalue weighted by atomic mass is 9.86. The topological polar surface area (TPSA) is 82.1 Å². The maximum atomic E-state index is 15.7. The third kappa shape index (κ3) is 3.70. The normalized spacial score (nSPS) is 25.7. The molecule has 2 aromatic carbocycles. The summed E-state index contributed by atoms with van der Waals surface area (Å²) in [6.45, 7) is -1.17. The SMILES string of the molecule is O=C(O)c1ccc2c(c1)[C@](F)(C(F)F)C(OC(=O)c1ccc3c(c1)[C@@](F)(C(F)F)CCO3)CO2. The minimum Gasteiger partial charge on any atom is -0.493 e. The van der Waals surface area contributed by atoms with Crippen LogP contribution in [-0.2, 0) is 16.1 Å². The van der Waals surface area contributed by atoms with Gasteiger partial charge in [-0.15, -0.1) is 0 Å². The second kappa shape index (κ2) is 8.41. The summed E-state index contributed by atoms with van der Waals surface area (Å²) in [5.41, 5.74) is -9.22. The number of rotatable bonds is 5. The molecular formula is C22H16F6O6. The van der Waals surface area contributed by atoms with Gasteiger partial charge in [-0.1, -0.05) is 0 Å². The van der Waals surface area contributed by atoms with Crippen molar-refractivity contribution in [2.45, 2.75) is 36.7 Å². The van der Waals surface area contributed by atoms with Gasteiger partial charge in [-0.25, -0.2) is 35.9 Å². The fourth-order valence-electron chi connectivity index (χ4n) is 3.90. The number of carboxylic acids is 1. The molecule has 0 fully saturated rings. The van der Waals surface area contributed by atoms with E-state index in [0.717, 1.165) is 30.3 Å². The number of fused-ring (bicyclic) bond motifs is 2. The fraction of sp³-hybridized carbons (Fsp3) is 0.364. The number of hydrogen-bond acceptors (Lipinski definition) is 5. The van der Waals surface area contributed by atoms with Gasteiger partial charge in [0.05, 0.1) is 17.7 Å². The Hall–Kier alpha value is -3.44. The number of hydrogen-bond donors (Lipinski definition) is 1. The van der Waals surface area contributed by atoms with Crippen LogP contribution < -0.4 is 9.47 Å². The number of aromatic carboxylic acids is 1. The van der Waals surface area contributed by atoms with Crippen molar-refractivity contribution >= 4 is 11.9 Å². The molecule has 4 rings (SSSR count). The molecule has 0 spiro atoms. The van der Waals surface area contributed by atoms with Crippen LogP contribution in [0, 0.1) is 0 Å². The number of halogens is 6. The van der Waals surface area contributed by atoms with Crippen molar-refractivity contribution in [3.05, 3.63) is 58.7 Å². The summed E-state index contributed by atoms with van der Waals surface area (Å²) in [7, 11) is 0. The Balaban J connectivity index is 1.67. The lowest BCUT2D eigenvalue weighted by molar-refractivity contribution is -0.142. The van der Waals surface area contributed by atoms with Crippen molar-refractivity contribution in [2.24, 2.45) is 0 Å². The number of ether oxygens (including phenoxy) is 3. The molecule has 1 N–H and O–H groups in total. The van der Waals surface area contributed by atoms with E-state index < -0.39 is 77.5 Å². The molecule has 0 saturated heterocycles. The summed E-state index contributed by atoms with van der Waals surface area (Å²) in [6, 6.07) is 5.50. The number of benzene rings is 2. The highest BCUT2D eigenvalue weighted by Gasteiger charge is 2.56. The smallest absolute Gasteiger partial charge is 0.338 e. The monoisotopic (exact) mass is 490 g/mol. The van der Waals surface area contributed by atoms with Gasteiger partial charge in [-0.3, -0.25) is 0 Å². The molecule has 2 aliphatic heterocycles. The van der Waals surface area contributed by atoms with Crippen LogP contribution in [0.15, 0.2) is 36.4 Å². The van der Waals surface area contributed by atoms with Gasteiger partial charge in [-0.2, -0.15) is 0 Å². The summed E-state index contributed by atoms with van der Waals surface area (Å²) in [4.78, 5) is 23.8. The maximum absolute atomic E-state index is 15.7. The Labute approximate surface area is 188 Å². The minimum atomic E-state index is -3.76. The van der Waals surface area contributed by atoms with Crippen LogP contribution in [0.2, 0.25) is 0 Å². The molecule has 2 heterocycles. The lowest BCUT2D eigenvalue weighted by Gasteiger charge is -2.37. The number of alkyl halides is 6. The number of carboxylic acid groups (broad SMARTS) is 1. The van der Waals surface area contributed by atoms with Crippen molar-refractivity contribution in [1.82, 2.24) is 0 Å². The Morgan fingerprint density at radius 1 is 0.941 bits per heavy atom. The summed E-state index contributed by atoms with van der Waals surface area (Å²) >= 11 is 0. The van der Waals surface area contributed by atoms with E-state index in [1.54, 1.807) is 0 Å². The molecule has 182 valence electrons. The zero-order valence-electron chi connectivity index (χ0n) is 17.1. The lowest BCUT2D eigenvalue weighted by Crippen LogP contribution is -2.50. The van der Waals surface area contributed by atoms with Crippen molar-refractivity contribution in [1.29, 1.82) is 0 Å². The van der Waals surface area contributed by atoms with E-state index in [2.05, 4.69) is 0 Å². The van der Waals surface area contributed by atoms with E-state index in [1.165, 1.54) is 0 Å². The molecule has 2 aromatic rings. The van der Waals surface area contributed by atoms with Gasteiger partial charge in [0, 0.05) is 17.5 Å². The average Bonchev–Trinajstić information content (AvgIpc) is 2.80. The quantitative estimate of drug-likeness (QED) is 0.486. The largest absolute Gasteiger partial charge is 0.493 e. The van der Waals surface area contributed by atoms with E-state index in [-0.39, 0.29) is 18.1 Å². The molecule has 0 radical (unpaired) electrons. The van der Waals surface area contributed by atoms with Crippen molar-refractivity contribution < 1.29 is 55.2 Å². The van der Waals surface area contributed by atoms with Gasteiger partial charge in [0.2, 0.25) is 11.3 Å². The zero-order chi connectivity index (χ0) is 24.8. The summed E-state index contributed by atoms with van der Waals surface area (Å²) < 4.78 is 100. The molecular weight excluding hydrogens is 474 g/mol. The average molecular weight is 490 g/mol. The number of carbonyl (C=O) groups excluding carboxylic acids is 1. The summed E-state index contributed by atoms with van der Waals surface area (Å²) in [5, 5.41) is 9.10. The molecule has 2 aliphatic rings. The first-order valence-electron chi connectivity index (χ1n) is 9.91. The van der Waals surface area contributed by atoms with Crippen LogP contribution in [0.3, 0.4) is 0 Å². The standard InChI is InChI=1S/C22H16F6O6/c23-19(24)21(27)5-6-32-14-4-2-11(8-12(14)21)18(31)34-16-9-33-15-3-1-10(17(29)30)7-13(15)22(16,28)20(25)26/h1-4,7-8,16,19-20H,5-6,9H2,(H,29,30)/t16?,21-,22-/m1/s1. The molecule has 0 amide bonds. The molecule has 3 atom stereocenters. The van der Waals surface area contributed by atoms with E-state index in [9.17, 15) is 31.5 Å². The second-order valence-electron chi connectivity index (χ2n) is 7.76. The maximum Gasteiger partial charge on any atom is 0.338 e. The molecule has 6 nitrogen and oxygen atoms in total. The molecule has 0 bridgehead atoms. The van der Waals surface area contributed by atoms with Crippen LogP contribution in [0.4, 0.5) is 26.3 Å². The molecule has 1 unspecified atom stereocenters. The predicted octanol–water partition coefficient (Wildman–Crippen LogP) is 4.65. The van der Waals surface area contributed by atoms with Gasteiger partial charge in [-0.05, 0) is 36.4 Å². The van der Waals surface area contributed by atoms with Gasteiger partial charge in [0.15, 0.2) is 6.10 Å².